The van der Waals surface area contributed by atoms with Crippen LogP contribution < -0.4 is 0 Å². The molecule has 5 fully saturated rings. The molecule has 232 valence electrons. The van der Waals surface area contributed by atoms with Crippen LogP contribution >= 0.6 is 0 Å². The molecule has 10 nitrogen and oxygen atoms in total. The zero-order valence-corrected chi connectivity index (χ0v) is 25.1. The summed E-state index contributed by atoms with van der Waals surface area (Å²) in [5.41, 5.74) is -0.858. The highest BCUT2D eigenvalue weighted by Gasteiger charge is 2.71. The highest BCUT2D eigenvalue weighted by molar-refractivity contribution is 5.85. The SMILES string of the molecule is CO[C@H]1[C@H](O)[C@@H](O)[C@H](N(OC)[C@@H]2CC[C@@]3(C)[C@H](CC[C@@H]4[C@@H]3C[C@@H](O)[C@]3(C)[C@@H](C5=CC(=O)OC5)CC[C@]43O)C2)O[C@@H]1C. The van der Waals surface area contributed by atoms with E-state index in [2.05, 4.69) is 6.92 Å². The highest BCUT2D eigenvalue weighted by atomic mass is 16.7. The lowest BCUT2D eigenvalue weighted by atomic mass is 9.42. The maximum absolute atomic E-state index is 12.5. The van der Waals surface area contributed by atoms with E-state index in [1.807, 2.05) is 13.8 Å². The Kier molecular flexibility index (Phi) is 7.67. The van der Waals surface area contributed by atoms with Crippen molar-refractivity contribution in [1.82, 2.24) is 5.06 Å². The third-order valence-electron chi connectivity index (χ3n) is 12.9. The fourth-order valence-corrected chi connectivity index (χ4v) is 10.6. The summed E-state index contributed by atoms with van der Waals surface area (Å²) in [5.74, 6) is 0.230. The van der Waals surface area contributed by atoms with Crippen LogP contribution in [0.25, 0.3) is 0 Å². The van der Waals surface area contributed by atoms with Gasteiger partial charge in [0, 0.05) is 24.6 Å². The van der Waals surface area contributed by atoms with Crippen LogP contribution in [0.15, 0.2) is 11.6 Å². The molecule has 41 heavy (non-hydrogen) atoms. The molecular weight excluding hydrogens is 530 g/mol. The molecule has 0 aromatic heterocycles. The van der Waals surface area contributed by atoms with E-state index in [-0.39, 0.29) is 41.8 Å². The molecule has 0 unspecified atom stereocenters. The molecule has 4 N–H and O–H groups in total. The lowest BCUT2D eigenvalue weighted by molar-refractivity contribution is -0.342. The Balaban J connectivity index is 1.21. The monoisotopic (exact) mass is 579 g/mol. The van der Waals surface area contributed by atoms with Gasteiger partial charge in [-0.1, -0.05) is 13.8 Å². The van der Waals surface area contributed by atoms with Crippen LogP contribution in [0.2, 0.25) is 0 Å². The topological polar surface area (TPSA) is 138 Å². The molecule has 0 amide bonds. The molecule has 0 radical (unpaired) electrons. The number of carbonyl (C=O) groups excluding carboxylic acids is 1. The van der Waals surface area contributed by atoms with E-state index in [0.29, 0.717) is 18.8 Å². The number of hydroxylamine groups is 2. The number of fused-ring (bicyclic) bond motifs is 5. The lowest BCUT2D eigenvalue weighted by Crippen LogP contribution is -2.68. The van der Waals surface area contributed by atoms with Gasteiger partial charge in [-0.2, -0.15) is 5.06 Å². The predicted molar refractivity (Wildman–Crippen MR) is 147 cm³/mol. The van der Waals surface area contributed by atoms with E-state index >= 15 is 0 Å². The average molecular weight is 580 g/mol. The van der Waals surface area contributed by atoms with Gasteiger partial charge in [0.05, 0.1) is 24.9 Å². The Hall–Kier alpha value is -1.11. The number of nitrogens with zero attached hydrogens (tertiary/aromatic N) is 1. The summed E-state index contributed by atoms with van der Waals surface area (Å²) in [7, 11) is 3.09. The molecule has 2 heterocycles. The van der Waals surface area contributed by atoms with Crippen LogP contribution in [0.3, 0.4) is 0 Å². The second-order valence-electron chi connectivity index (χ2n) is 14.3. The molecule has 10 heteroatoms. The van der Waals surface area contributed by atoms with Gasteiger partial charge in [-0.05, 0) is 93.0 Å². The van der Waals surface area contributed by atoms with Gasteiger partial charge in [-0.3, -0.25) is 4.84 Å². The minimum atomic E-state index is -1.17. The first-order valence-electron chi connectivity index (χ1n) is 15.5. The Morgan fingerprint density at radius 2 is 1.76 bits per heavy atom. The number of aliphatic hydroxyl groups is 4. The summed E-state index contributed by atoms with van der Waals surface area (Å²) in [6.45, 7) is 6.47. The Morgan fingerprint density at radius 1 is 1.00 bits per heavy atom. The van der Waals surface area contributed by atoms with Gasteiger partial charge in [0.25, 0.3) is 0 Å². The van der Waals surface area contributed by atoms with Gasteiger partial charge in [-0.25, -0.2) is 4.79 Å². The van der Waals surface area contributed by atoms with Crippen molar-refractivity contribution in [3.05, 3.63) is 11.6 Å². The van der Waals surface area contributed by atoms with Gasteiger partial charge in [-0.15, -0.1) is 0 Å². The molecule has 0 aromatic rings. The minimum Gasteiger partial charge on any atom is -0.458 e. The van der Waals surface area contributed by atoms with Crippen molar-refractivity contribution in [1.29, 1.82) is 0 Å². The summed E-state index contributed by atoms with van der Waals surface area (Å²) in [5, 5.41) is 47.7. The summed E-state index contributed by atoms with van der Waals surface area (Å²) in [4.78, 5) is 17.7. The van der Waals surface area contributed by atoms with E-state index in [1.54, 1.807) is 18.2 Å². The second-order valence-corrected chi connectivity index (χ2v) is 14.3. The van der Waals surface area contributed by atoms with Crippen LogP contribution in [0, 0.1) is 34.5 Å². The normalized spacial score (nSPS) is 53.4. The zero-order chi connectivity index (χ0) is 29.5. The first-order chi connectivity index (χ1) is 19.4. The number of aliphatic hydroxyl groups excluding tert-OH is 3. The predicted octanol–water partition coefficient (Wildman–Crippen LogP) is 1.93. The maximum Gasteiger partial charge on any atom is 0.331 e. The molecule has 6 aliphatic rings. The average Bonchev–Trinajstić information content (AvgIpc) is 3.49. The maximum atomic E-state index is 12.5. The number of hydrogen-bond donors (Lipinski definition) is 4. The summed E-state index contributed by atoms with van der Waals surface area (Å²) >= 11 is 0. The van der Waals surface area contributed by atoms with E-state index in [1.165, 1.54) is 7.11 Å². The molecule has 4 aliphatic carbocycles. The number of hydrogen-bond acceptors (Lipinski definition) is 10. The highest BCUT2D eigenvalue weighted by Crippen LogP contribution is 2.70. The molecule has 0 bridgehead atoms. The van der Waals surface area contributed by atoms with Gasteiger partial charge >= 0.3 is 5.97 Å². The van der Waals surface area contributed by atoms with E-state index in [9.17, 15) is 25.2 Å². The third-order valence-corrected chi connectivity index (χ3v) is 12.9. The van der Waals surface area contributed by atoms with Crippen LogP contribution in [0.5, 0.6) is 0 Å². The second kappa shape index (κ2) is 10.5. The van der Waals surface area contributed by atoms with Gasteiger partial charge in [0.2, 0.25) is 0 Å². The van der Waals surface area contributed by atoms with Crippen LogP contribution in [-0.4, -0.2) is 101 Å². The summed E-state index contributed by atoms with van der Waals surface area (Å²) in [6, 6.07) is -0.00246. The zero-order valence-electron chi connectivity index (χ0n) is 25.1. The lowest BCUT2D eigenvalue weighted by Gasteiger charge is -2.65. The first kappa shape index (κ1) is 29.9. The third kappa shape index (κ3) is 4.23. The van der Waals surface area contributed by atoms with Crippen LogP contribution in [-0.2, 0) is 23.8 Å². The van der Waals surface area contributed by atoms with Crippen molar-refractivity contribution in [3.63, 3.8) is 0 Å². The van der Waals surface area contributed by atoms with Gasteiger partial charge < -0.3 is 34.6 Å². The summed E-state index contributed by atoms with van der Waals surface area (Å²) in [6.07, 6.45) is 3.22. The fourth-order valence-electron chi connectivity index (χ4n) is 10.6. The molecule has 14 atom stereocenters. The Morgan fingerprint density at radius 3 is 2.41 bits per heavy atom. The van der Waals surface area contributed by atoms with Crippen LogP contribution in [0.4, 0.5) is 0 Å². The standard InChI is InChI=1S/C31H49NO9/c1-16-27(38-4)25(35)26(36)28(41-16)32(39-5)19-8-10-29(2)18(13-19)6-7-21-22(29)14-23(33)30(3)20(9-11-31(21,30)37)17-12-24(34)40-15-17/h12,16,18-23,25-28,33,35-37H,6-11,13-15H2,1-5H3/t16-,18-,19-,20-,21-,22+,23-,25-,26-,27-,28-,29+,30+,31+/m1/s1. The molecule has 4 saturated carbocycles. The van der Waals surface area contributed by atoms with Crippen molar-refractivity contribution in [2.24, 2.45) is 34.5 Å². The van der Waals surface area contributed by atoms with E-state index in [0.717, 1.165) is 44.1 Å². The van der Waals surface area contributed by atoms with Crippen molar-refractivity contribution in [2.75, 3.05) is 20.8 Å². The smallest absolute Gasteiger partial charge is 0.331 e. The van der Waals surface area contributed by atoms with Crippen molar-refractivity contribution in [3.8, 4) is 0 Å². The van der Waals surface area contributed by atoms with E-state index in [4.69, 9.17) is 19.0 Å². The van der Waals surface area contributed by atoms with Crippen molar-refractivity contribution >= 4 is 5.97 Å². The molecular formula is C31H49NO9. The van der Waals surface area contributed by atoms with E-state index < -0.39 is 47.8 Å². The quantitative estimate of drug-likeness (QED) is 0.282. The first-order valence-corrected chi connectivity index (χ1v) is 15.5. The number of ether oxygens (including phenoxy) is 3. The van der Waals surface area contributed by atoms with Crippen LogP contribution in [0.1, 0.15) is 72.1 Å². The number of carbonyl (C=O) groups is 1. The largest absolute Gasteiger partial charge is 0.458 e. The van der Waals surface area contributed by atoms with Crippen molar-refractivity contribution in [2.45, 2.75) is 121 Å². The molecule has 2 aliphatic heterocycles. The minimum absolute atomic E-state index is 0.00246. The molecule has 0 spiro atoms. The van der Waals surface area contributed by atoms with Gasteiger partial charge in [0.15, 0.2) is 6.23 Å². The van der Waals surface area contributed by atoms with Gasteiger partial charge in [0.1, 0.15) is 24.9 Å². The molecule has 0 aromatic carbocycles. The Bertz CT molecular complexity index is 1050. The molecule has 6 rings (SSSR count). The number of methoxy groups -OCH3 is 1. The fraction of sp³-hybridized carbons (Fsp3) is 0.903. The molecule has 1 saturated heterocycles. The van der Waals surface area contributed by atoms with Crippen molar-refractivity contribution < 1.29 is 44.3 Å². The number of esters is 1. The Labute approximate surface area is 242 Å². The summed E-state index contributed by atoms with van der Waals surface area (Å²) < 4.78 is 16.7. The number of cyclic esters (lactones) is 1. The number of rotatable bonds is 5.